The number of hydrogen-bond donors (Lipinski definition) is 0. The molecule has 0 bridgehead atoms. The van der Waals surface area contributed by atoms with Crippen LogP contribution < -0.4 is 0 Å². The third kappa shape index (κ3) is 4.13. The second-order valence-corrected chi connectivity index (χ2v) is 5.78. The van der Waals surface area contributed by atoms with Crippen LogP contribution in [0.25, 0.3) is 0 Å². The molecule has 2 aromatic carbocycles. The van der Waals surface area contributed by atoms with Crippen LogP contribution in [0.2, 0.25) is 0 Å². The van der Waals surface area contributed by atoms with Crippen molar-refractivity contribution in [3.8, 4) is 0 Å². The zero-order valence-electron chi connectivity index (χ0n) is 13.6. The topological polar surface area (TPSA) is 41.8 Å². The van der Waals surface area contributed by atoms with E-state index in [9.17, 15) is 4.79 Å². The van der Waals surface area contributed by atoms with Gasteiger partial charge < -0.3 is 0 Å². The molecule has 0 radical (unpaired) electrons. The lowest BCUT2D eigenvalue weighted by Crippen LogP contribution is -2.15. The largest absolute Gasteiger partial charge is 0.287 e. The minimum Gasteiger partial charge on any atom is -0.287 e. The summed E-state index contributed by atoms with van der Waals surface area (Å²) in [5.41, 5.74) is 2.97. The lowest BCUT2D eigenvalue weighted by atomic mass is 10.0. The van der Waals surface area contributed by atoms with E-state index < -0.39 is 0 Å². The number of Topliss-reactive ketones (excluding diaryl/α,β-unsaturated/α-hetero) is 1. The van der Waals surface area contributed by atoms with Gasteiger partial charge in [0, 0.05) is 11.1 Å². The predicted octanol–water partition coefficient (Wildman–Crippen LogP) is 4.84. The smallest absolute Gasteiger partial charge is 0.213 e. The Hall–Kier alpha value is -2.81. The van der Waals surface area contributed by atoms with Gasteiger partial charge in [0.15, 0.2) is 0 Å². The molecule has 24 heavy (non-hydrogen) atoms. The van der Waals surface area contributed by atoms with E-state index >= 15 is 0 Å². The Labute approximate surface area is 142 Å². The Morgan fingerprint density at radius 2 is 1.54 bits per heavy atom. The first kappa shape index (κ1) is 16.1. The van der Waals surface area contributed by atoms with Crippen molar-refractivity contribution in [3.63, 3.8) is 0 Å². The van der Waals surface area contributed by atoms with Crippen LogP contribution >= 0.6 is 0 Å². The van der Waals surface area contributed by atoms with Crippen LogP contribution in [-0.4, -0.2) is 17.7 Å². The lowest BCUT2D eigenvalue weighted by Gasteiger charge is -2.07. The van der Waals surface area contributed by atoms with Crippen molar-refractivity contribution in [1.29, 1.82) is 0 Å². The van der Waals surface area contributed by atoms with Crippen molar-refractivity contribution in [1.82, 2.24) is 0 Å². The Kier molecular flexibility index (Phi) is 5.46. The summed E-state index contributed by atoms with van der Waals surface area (Å²) in [4.78, 5) is 12.8. The molecule has 1 aliphatic rings. The molecule has 3 nitrogen and oxygen atoms in total. The average molecular weight is 316 g/mol. The average Bonchev–Trinajstić information content (AvgIpc) is 2.67. The van der Waals surface area contributed by atoms with Crippen LogP contribution in [0.15, 0.2) is 82.5 Å². The van der Waals surface area contributed by atoms with Gasteiger partial charge in [-0.25, -0.2) is 0 Å². The van der Waals surface area contributed by atoms with Gasteiger partial charge in [-0.2, -0.15) is 5.10 Å². The molecule has 0 unspecified atom stereocenters. The molecule has 1 aliphatic carbocycles. The molecule has 3 heteroatoms. The minimum absolute atomic E-state index is 0.114. The molecule has 0 saturated heterocycles. The summed E-state index contributed by atoms with van der Waals surface area (Å²) >= 11 is 0. The summed E-state index contributed by atoms with van der Waals surface area (Å²) in [6.07, 6.45) is 8.54. The first-order valence-corrected chi connectivity index (χ1v) is 8.30. The number of rotatable bonds is 5. The van der Waals surface area contributed by atoms with E-state index in [4.69, 9.17) is 0 Å². The number of ketones is 1. The summed E-state index contributed by atoms with van der Waals surface area (Å²) in [6.45, 7) is 0. The van der Waals surface area contributed by atoms with Gasteiger partial charge in [-0.15, -0.1) is 5.10 Å². The summed E-state index contributed by atoms with van der Waals surface area (Å²) in [5.74, 6) is -0.114. The Balaban J connectivity index is 1.90. The van der Waals surface area contributed by atoms with Crippen LogP contribution in [0.3, 0.4) is 0 Å². The van der Waals surface area contributed by atoms with Gasteiger partial charge in [0.25, 0.3) is 0 Å². The molecule has 0 heterocycles. The van der Waals surface area contributed by atoms with Crippen LogP contribution in [0.4, 0.5) is 0 Å². The second kappa shape index (κ2) is 8.16. The molecule has 0 saturated carbocycles. The van der Waals surface area contributed by atoms with Gasteiger partial charge in [-0.05, 0) is 31.3 Å². The third-order valence-corrected chi connectivity index (χ3v) is 4.01. The zero-order valence-corrected chi connectivity index (χ0v) is 13.6. The highest BCUT2D eigenvalue weighted by Gasteiger charge is 2.16. The number of carbonyl (C=O) groups excluding carboxylic acids is 1. The maximum absolute atomic E-state index is 12.8. The third-order valence-electron chi connectivity index (χ3n) is 4.01. The summed E-state index contributed by atoms with van der Waals surface area (Å²) in [6, 6.07) is 18.7. The number of hydrogen-bond acceptors (Lipinski definition) is 3. The molecule has 0 aromatic heterocycles. The minimum atomic E-state index is -0.114. The van der Waals surface area contributed by atoms with E-state index in [1.165, 1.54) is 18.4 Å². The molecule has 2 aromatic rings. The maximum atomic E-state index is 12.8. The van der Waals surface area contributed by atoms with Gasteiger partial charge in [-0.1, -0.05) is 66.7 Å². The van der Waals surface area contributed by atoms with Crippen molar-refractivity contribution in [2.24, 2.45) is 10.2 Å². The first-order valence-electron chi connectivity index (χ1n) is 8.30. The Morgan fingerprint density at radius 3 is 2.17 bits per heavy atom. The van der Waals surface area contributed by atoms with E-state index in [0.29, 0.717) is 11.3 Å². The number of carbonyl (C=O) groups is 1. The Morgan fingerprint density at radius 1 is 0.875 bits per heavy atom. The molecule has 0 amide bonds. The van der Waals surface area contributed by atoms with E-state index in [2.05, 4.69) is 16.3 Å². The van der Waals surface area contributed by atoms with Crippen LogP contribution in [0.5, 0.6) is 0 Å². The summed E-state index contributed by atoms with van der Waals surface area (Å²) in [7, 11) is 0. The first-order chi connectivity index (χ1) is 11.8. The normalized spacial score (nSPS) is 15.3. The van der Waals surface area contributed by atoms with E-state index in [1.54, 1.807) is 18.3 Å². The van der Waals surface area contributed by atoms with Gasteiger partial charge in [0.1, 0.15) is 5.71 Å². The van der Waals surface area contributed by atoms with Crippen molar-refractivity contribution in [3.05, 3.63) is 83.4 Å². The molecule has 0 atom stereocenters. The molecule has 0 aliphatic heterocycles. The molecule has 3 rings (SSSR count). The predicted molar refractivity (Wildman–Crippen MR) is 98.8 cm³/mol. The SMILES string of the molecule is O=C(/C(=N/N=C/C1=CCCCC1)c1ccccc1)c1ccccc1. The van der Waals surface area contributed by atoms with Crippen LogP contribution in [0.1, 0.15) is 41.6 Å². The molecule has 0 fully saturated rings. The number of nitrogens with zero attached hydrogens (tertiary/aromatic N) is 2. The van der Waals surface area contributed by atoms with Crippen molar-refractivity contribution in [2.75, 3.05) is 0 Å². The van der Waals surface area contributed by atoms with Gasteiger partial charge in [-0.3, -0.25) is 4.79 Å². The molecule has 0 N–H and O–H groups in total. The fourth-order valence-corrected chi connectivity index (χ4v) is 2.70. The van der Waals surface area contributed by atoms with E-state index in [1.807, 2.05) is 48.5 Å². The van der Waals surface area contributed by atoms with Crippen LogP contribution in [0, 0.1) is 0 Å². The van der Waals surface area contributed by atoms with Crippen molar-refractivity contribution in [2.45, 2.75) is 25.7 Å². The van der Waals surface area contributed by atoms with Gasteiger partial charge in [0.05, 0.1) is 6.21 Å². The highest BCUT2D eigenvalue weighted by atomic mass is 16.1. The van der Waals surface area contributed by atoms with Crippen molar-refractivity contribution >= 4 is 17.7 Å². The van der Waals surface area contributed by atoms with E-state index in [-0.39, 0.29) is 5.78 Å². The monoisotopic (exact) mass is 316 g/mol. The standard InChI is InChI=1S/C21H20N2O/c24-21(19-14-8-3-9-15-19)20(18-12-6-2-7-13-18)23-22-16-17-10-4-1-5-11-17/h2-3,6-10,12-16H,1,4-5,11H2/b22-16+,23-20+. The van der Waals surface area contributed by atoms with Crippen LogP contribution in [-0.2, 0) is 0 Å². The number of benzene rings is 2. The van der Waals surface area contributed by atoms with E-state index in [0.717, 1.165) is 18.4 Å². The zero-order chi connectivity index (χ0) is 16.6. The summed E-state index contributed by atoms with van der Waals surface area (Å²) in [5, 5.41) is 8.45. The molecular weight excluding hydrogens is 296 g/mol. The van der Waals surface area contributed by atoms with Gasteiger partial charge >= 0.3 is 0 Å². The highest BCUT2D eigenvalue weighted by Crippen LogP contribution is 2.15. The molecule has 120 valence electrons. The fraction of sp³-hybridized carbons (Fsp3) is 0.190. The van der Waals surface area contributed by atoms with Gasteiger partial charge in [0.2, 0.25) is 5.78 Å². The fourth-order valence-electron chi connectivity index (χ4n) is 2.70. The Bertz CT molecular complexity index is 774. The maximum Gasteiger partial charge on any atom is 0.213 e. The quantitative estimate of drug-likeness (QED) is 0.442. The molecular formula is C21H20N2O. The highest BCUT2D eigenvalue weighted by molar-refractivity contribution is 6.51. The lowest BCUT2D eigenvalue weighted by molar-refractivity contribution is 0.106. The number of allylic oxidation sites excluding steroid dienone is 2. The van der Waals surface area contributed by atoms with Crippen molar-refractivity contribution < 1.29 is 4.79 Å². The molecule has 0 spiro atoms. The summed E-state index contributed by atoms with van der Waals surface area (Å²) < 4.78 is 0. The second-order valence-electron chi connectivity index (χ2n) is 5.78.